The van der Waals surface area contributed by atoms with E-state index in [1.165, 1.54) is 5.69 Å². The van der Waals surface area contributed by atoms with Crippen molar-refractivity contribution >= 4 is 22.5 Å². The molecule has 3 heterocycles. The molecule has 0 radical (unpaired) electrons. The van der Waals surface area contributed by atoms with Gasteiger partial charge in [0.2, 0.25) is 0 Å². The summed E-state index contributed by atoms with van der Waals surface area (Å²) in [6.45, 7) is 1.79. The Hall–Kier alpha value is -2.89. The first kappa shape index (κ1) is 15.6. The monoisotopic (exact) mass is 335 g/mol. The second-order valence-corrected chi connectivity index (χ2v) is 6.48. The summed E-state index contributed by atoms with van der Waals surface area (Å²) in [6, 6.07) is 12.1. The number of fused-ring (bicyclic) bond motifs is 1. The van der Waals surface area contributed by atoms with Crippen LogP contribution in [0.5, 0.6) is 0 Å². The van der Waals surface area contributed by atoms with Crippen molar-refractivity contribution in [3.05, 3.63) is 54.5 Å². The Kier molecular flexibility index (Phi) is 4.09. The number of hydrogen-bond donors (Lipinski definition) is 1. The van der Waals surface area contributed by atoms with Gasteiger partial charge in [-0.15, -0.1) is 0 Å². The van der Waals surface area contributed by atoms with Crippen LogP contribution in [0.4, 0.5) is 5.69 Å². The molecule has 0 bridgehead atoms. The van der Waals surface area contributed by atoms with Crippen molar-refractivity contribution in [3.8, 4) is 0 Å². The molecule has 3 aromatic rings. The van der Waals surface area contributed by atoms with E-state index in [0.29, 0.717) is 5.69 Å². The van der Waals surface area contributed by atoms with E-state index in [0.717, 1.165) is 36.8 Å². The summed E-state index contributed by atoms with van der Waals surface area (Å²) >= 11 is 0. The van der Waals surface area contributed by atoms with Crippen molar-refractivity contribution in [2.45, 2.75) is 18.9 Å². The van der Waals surface area contributed by atoms with Gasteiger partial charge in [0.05, 0.1) is 5.52 Å². The number of nitrogens with one attached hydrogen (secondary N) is 1. The SMILES string of the molecule is Cn1ccc(C(=O)NC2CCCN(c3ccnc4ccccc34)C2)n1. The Morgan fingerprint density at radius 2 is 2.12 bits per heavy atom. The number of nitrogens with zero attached hydrogens (tertiary/aromatic N) is 4. The van der Waals surface area contributed by atoms with Gasteiger partial charge in [0.15, 0.2) is 0 Å². The maximum Gasteiger partial charge on any atom is 0.272 e. The van der Waals surface area contributed by atoms with Gasteiger partial charge in [0.1, 0.15) is 5.69 Å². The maximum atomic E-state index is 12.4. The minimum absolute atomic E-state index is 0.105. The number of carbonyl (C=O) groups excluding carboxylic acids is 1. The number of carbonyl (C=O) groups is 1. The van der Waals surface area contributed by atoms with Crippen LogP contribution in [0.1, 0.15) is 23.3 Å². The molecular formula is C19H21N5O. The molecule has 1 unspecified atom stereocenters. The minimum Gasteiger partial charge on any atom is -0.369 e. The van der Waals surface area contributed by atoms with Gasteiger partial charge in [0, 0.05) is 49.6 Å². The molecule has 0 saturated carbocycles. The lowest BCUT2D eigenvalue weighted by atomic mass is 10.0. The second kappa shape index (κ2) is 6.55. The van der Waals surface area contributed by atoms with Crippen LogP contribution in [0, 0.1) is 0 Å². The number of benzene rings is 1. The molecule has 1 aliphatic rings. The number of aromatic nitrogens is 3. The van der Waals surface area contributed by atoms with Gasteiger partial charge in [-0.2, -0.15) is 5.10 Å². The third kappa shape index (κ3) is 3.20. The third-order valence-corrected chi connectivity index (χ3v) is 4.67. The van der Waals surface area contributed by atoms with E-state index in [9.17, 15) is 4.79 Å². The average molecular weight is 335 g/mol. The number of rotatable bonds is 3. The van der Waals surface area contributed by atoms with Gasteiger partial charge < -0.3 is 10.2 Å². The number of anilines is 1. The molecule has 128 valence electrons. The van der Waals surface area contributed by atoms with Gasteiger partial charge in [0.25, 0.3) is 5.91 Å². The number of aryl methyl sites for hydroxylation is 1. The van der Waals surface area contributed by atoms with E-state index < -0.39 is 0 Å². The fourth-order valence-electron chi connectivity index (χ4n) is 3.47. The van der Waals surface area contributed by atoms with Crippen LogP contribution in [0.2, 0.25) is 0 Å². The topological polar surface area (TPSA) is 63.1 Å². The highest BCUT2D eigenvalue weighted by atomic mass is 16.2. The first-order valence-corrected chi connectivity index (χ1v) is 8.60. The van der Waals surface area contributed by atoms with Crippen LogP contribution in [0.25, 0.3) is 10.9 Å². The van der Waals surface area contributed by atoms with Crippen LogP contribution in [-0.4, -0.2) is 39.8 Å². The predicted octanol–water partition coefficient (Wildman–Crippen LogP) is 2.37. The molecule has 1 saturated heterocycles. The van der Waals surface area contributed by atoms with Crippen molar-refractivity contribution in [3.63, 3.8) is 0 Å². The normalized spacial score (nSPS) is 17.6. The lowest BCUT2D eigenvalue weighted by Gasteiger charge is -2.35. The van der Waals surface area contributed by atoms with Crippen molar-refractivity contribution in [1.29, 1.82) is 0 Å². The Labute approximate surface area is 146 Å². The fourth-order valence-corrected chi connectivity index (χ4v) is 3.47. The van der Waals surface area contributed by atoms with E-state index in [2.05, 4.69) is 32.4 Å². The Bertz CT molecular complexity index is 898. The molecular weight excluding hydrogens is 314 g/mol. The smallest absolute Gasteiger partial charge is 0.272 e. The zero-order valence-electron chi connectivity index (χ0n) is 14.2. The summed E-state index contributed by atoms with van der Waals surface area (Å²) in [5, 5.41) is 8.46. The van der Waals surface area contributed by atoms with Gasteiger partial charge >= 0.3 is 0 Å². The second-order valence-electron chi connectivity index (χ2n) is 6.48. The maximum absolute atomic E-state index is 12.4. The van der Waals surface area contributed by atoms with Crippen LogP contribution >= 0.6 is 0 Å². The van der Waals surface area contributed by atoms with Crippen molar-refractivity contribution in [2.24, 2.45) is 7.05 Å². The summed E-state index contributed by atoms with van der Waals surface area (Å²) in [5.74, 6) is -0.105. The van der Waals surface area contributed by atoms with Crippen molar-refractivity contribution in [2.75, 3.05) is 18.0 Å². The number of amides is 1. The highest BCUT2D eigenvalue weighted by molar-refractivity contribution is 5.93. The number of para-hydroxylation sites is 1. The Morgan fingerprint density at radius 1 is 1.24 bits per heavy atom. The Balaban J connectivity index is 1.52. The molecule has 25 heavy (non-hydrogen) atoms. The molecule has 1 N–H and O–H groups in total. The van der Waals surface area contributed by atoms with Gasteiger partial charge in [-0.3, -0.25) is 14.5 Å². The van der Waals surface area contributed by atoms with Gasteiger partial charge in [-0.1, -0.05) is 18.2 Å². The van der Waals surface area contributed by atoms with E-state index in [1.807, 2.05) is 31.4 Å². The molecule has 1 aliphatic heterocycles. The van der Waals surface area contributed by atoms with E-state index >= 15 is 0 Å². The predicted molar refractivity (Wildman–Crippen MR) is 97.7 cm³/mol. The van der Waals surface area contributed by atoms with Gasteiger partial charge in [-0.05, 0) is 31.0 Å². The number of piperidine rings is 1. The zero-order chi connectivity index (χ0) is 17.2. The summed E-state index contributed by atoms with van der Waals surface area (Å²) in [4.78, 5) is 19.1. The highest BCUT2D eigenvalue weighted by Gasteiger charge is 2.23. The first-order valence-electron chi connectivity index (χ1n) is 8.60. The highest BCUT2D eigenvalue weighted by Crippen LogP contribution is 2.27. The number of hydrogen-bond acceptors (Lipinski definition) is 4. The van der Waals surface area contributed by atoms with E-state index in [-0.39, 0.29) is 11.9 Å². The summed E-state index contributed by atoms with van der Waals surface area (Å²) in [7, 11) is 1.81. The largest absolute Gasteiger partial charge is 0.369 e. The molecule has 0 spiro atoms. The lowest BCUT2D eigenvalue weighted by molar-refractivity contribution is 0.0927. The van der Waals surface area contributed by atoms with Crippen molar-refractivity contribution in [1.82, 2.24) is 20.1 Å². The molecule has 6 nitrogen and oxygen atoms in total. The molecule has 0 aliphatic carbocycles. The molecule has 1 amide bonds. The third-order valence-electron chi connectivity index (χ3n) is 4.67. The van der Waals surface area contributed by atoms with Crippen LogP contribution in [-0.2, 0) is 7.05 Å². The lowest BCUT2D eigenvalue weighted by Crippen LogP contribution is -2.48. The van der Waals surface area contributed by atoms with Crippen LogP contribution in [0.3, 0.4) is 0 Å². The standard InChI is InChI=1S/C19H21N5O/c1-23-12-9-17(22-23)19(25)21-14-5-4-11-24(13-14)18-8-10-20-16-7-3-2-6-15(16)18/h2-3,6-10,12,14H,4-5,11,13H2,1H3,(H,21,25). The molecule has 1 aromatic carbocycles. The van der Waals surface area contributed by atoms with Crippen LogP contribution < -0.4 is 10.2 Å². The average Bonchev–Trinajstić information content (AvgIpc) is 3.08. The summed E-state index contributed by atoms with van der Waals surface area (Å²) < 4.78 is 1.64. The molecule has 1 atom stereocenters. The summed E-state index contributed by atoms with van der Waals surface area (Å²) in [6.07, 6.45) is 5.67. The minimum atomic E-state index is -0.105. The Morgan fingerprint density at radius 3 is 2.96 bits per heavy atom. The van der Waals surface area contributed by atoms with E-state index in [1.54, 1.807) is 16.9 Å². The zero-order valence-corrected chi connectivity index (χ0v) is 14.2. The quantitative estimate of drug-likeness (QED) is 0.798. The molecule has 1 fully saturated rings. The van der Waals surface area contributed by atoms with Crippen LogP contribution in [0.15, 0.2) is 48.8 Å². The summed E-state index contributed by atoms with van der Waals surface area (Å²) in [5.41, 5.74) is 2.65. The van der Waals surface area contributed by atoms with Gasteiger partial charge in [-0.25, -0.2) is 0 Å². The van der Waals surface area contributed by atoms with E-state index in [4.69, 9.17) is 0 Å². The fraction of sp³-hybridized carbons (Fsp3) is 0.316. The number of pyridine rings is 1. The molecule has 4 rings (SSSR count). The first-order chi connectivity index (χ1) is 12.2. The van der Waals surface area contributed by atoms with Crippen molar-refractivity contribution < 1.29 is 4.79 Å². The molecule has 6 heteroatoms. The molecule has 2 aromatic heterocycles.